The van der Waals surface area contributed by atoms with Crippen molar-refractivity contribution in [2.45, 2.75) is 33.4 Å². The first-order valence-electron chi connectivity index (χ1n) is 6.61. The average Bonchev–Trinajstić information content (AvgIpc) is 2.37. The Kier molecular flexibility index (Phi) is 5.55. The summed E-state index contributed by atoms with van der Waals surface area (Å²) < 4.78 is 0. The third kappa shape index (κ3) is 4.26. The lowest BCUT2D eigenvalue weighted by molar-refractivity contribution is -0.138. The van der Waals surface area contributed by atoms with Crippen LogP contribution in [0.15, 0.2) is 24.3 Å². The van der Waals surface area contributed by atoms with Gasteiger partial charge in [0.05, 0.1) is 0 Å². The Hall–Kier alpha value is -2.04. The molecule has 0 heterocycles. The molecule has 0 aliphatic heterocycles. The lowest BCUT2D eigenvalue weighted by Gasteiger charge is -2.30. The molecule has 0 spiro atoms. The van der Waals surface area contributed by atoms with Crippen LogP contribution in [0.25, 0.3) is 0 Å². The van der Waals surface area contributed by atoms with E-state index in [2.05, 4.69) is 0 Å². The number of carboxylic acid groups (broad SMARTS) is 1. The van der Waals surface area contributed by atoms with Crippen molar-refractivity contribution >= 4 is 12.0 Å². The van der Waals surface area contributed by atoms with Gasteiger partial charge in [0.25, 0.3) is 0 Å². The maximum atomic E-state index is 12.3. The van der Waals surface area contributed by atoms with Crippen molar-refractivity contribution in [2.24, 2.45) is 0 Å². The molecule has 1 rings (SSSR count). The molecule has 0 unspecified atom stereocenters. The van der Waals surface area contributed by atoms with Crippen molar-refractivity contribution in [3.05, 3.63) is 35.4 Å². The molecule has 0 bridgehead atoms. The summed E-state index contributed by atoms with van der Waals surface area (Å²) in [6, 6.07) is 7.41. The maximum Gasteiger partial charge on any atom is 0.323 e. The van der Waals surface area contributed by atoms with E-state index < -0.39 is 5.97 Å². The van der Waals surface area contributed by atoms with E-state index in [1.807, 2.05) is 45.0 Å². The van der Waals surface area contributed by atoms with Gasteiger partial charge in [-0.1, -0.05) is 24.3 Å². The topological polar surface area (TPSA) is 60.9 Å². The number of benzene rings is 1. The van der Waals surface area contributed by atoms with Gasteiger partial charge in [0, 0.05) is 19.6 Å². The molecule has 1 N–H and O–H groups in total. The predicted octanol–water partition coefficient (Wildman–Crippen LogP) is 2.34. The van der Waals surface area contributed by atoms with E-state index in [-0.39, 0.29) is 18.6 Å². The first kappa shape index (κ1) is 16.0. The second kappa shape index (κ2) is 6.93. The van der Waals surface area contributed by atoms with Crippen LogP contribution in [-0.2, 0) is 11.3 Å². The fraction of sp³-hybridized carbons (Fsp3) is 0.467. The summed E-state index contributed by atoms with van der Waals surface area (Å²) >= 11 is 0. The molecule has 20 heavy (non-hydrogen) atoms. The quantitative estimate of drug-likeness (QED) is 0.899. The number of hydrogen-bond acceptors (Lipinski definition) is 2. The van der Waals surface area contributed by atoms with Crippen LogP contribution in [0.1, 0.15) is 25.0 Å². The van der Waals surface area contributed by atoms with E-state index >= 15 is 0 Å². The first-order chi connectivity index (χ1) is 9.32. The third-order valence-electron chi connectivity index (χ3n) is 3.17. The minimum atomic E-state index is -1.00. The molecule has 0 saturated carbocycles. The van der Waals surface area contributed by atoms with E-state index in [0.717, 1.165) is 11.1 Å². The van der Waals surface area contributed by atoms with Gasteiger partial charge in [0.15, 0.2) is 0 Å². The van der Waals surface area contributed by atoms with Crippen molar-refractivity contribution in [2.75, 3.05) is 13.6 Å². The molecule has 5 nitrogen and oxygen atoms in total. The smallest absolute Gasteiger partial charge is 0.323 e. The van der Waals surface area contributed by atoms with E-state index in [1.165, 1.54) is 4.90 Å². The van der Waals surface area contributed by atoms with Crippen LogP contribution < -0.4 is 0 Å². The zero-order chi connectivity index (χ0) is 15.3. The first-order valence-corrected chi connectivity index (χ1v) is 6.61. The highest BCUT2D eigenvalue weighted by molar-refractivity contribution is 5.80. The van der Waals surface area contributed by atoms with E-state index in [0.29, 0.717) is 6.54 Å². The van der Waals surface area contributed by atoms with Gasteiger partial charge in [0.1, 0.15) is 6.54 Å². The Morgan fingerprint density at radius 3 is 2.35 bits per heavy atom. The molecule has 0 fully saturated rings. The molecule has 1 aromatic rings. The number of aliphatic carboxylic acids is 1. The zero-order valence-corrected chi connectivity index (χ0v) is 12.5. The Morgan fingerprint density at radius 1 is 1.25 bits per heavy atom. The molecular weight excluding hydrogens is 256 g/mol. The summed E-state index contributed by atoms with van der Waals surface area (Å²) in [6.45, 7) is 5.79. The monoisotopic (exact) mass is 278 g/mol. The highest BCUT2D eigenvalue weighted by atomic mass is 16.4. The summed E-state index contributed by atoms with van der Waals surface area (Å²) in [5.74, 6) is -1.00. The number of aryl methyl sites for hydroxylation is 1. The highest BCUT2D eigenvalue weighted by Crippen LogP contribution is 2.12. The lowest BCUT2D eigenvalue weighted by Crippen LogP contribution is -2.46. The largest absolute Gasteiger partial charge is 0.480 e. The van der Waals surface area contributed by atoms with Crippen molar-refractivity contribution in [3.63, 3.8) is 0 Å². The van der Waals surface area contributed by atoms with Gasteiger partial charge in [-0.2, -0.15) is 0 Å². The van der Waals surface area contributed by atoms with Gasteiger partial charge in [0.2, 0.25) is 0 Å². The number of carbonyl (C=O) groups excluding carboxylic acids is 1. The Labute approximate surface area is 119 Å². The van der Waals surface area contributed by atoms with Crippen molar-refractivity contribution < 1.29 is 14.7 Å². The molecule has 2 amide bonds. The predicted molar refractivity (Wildman–Crippen MR) is 77.5 cm³/mol. The highest BCUT2D eigenvalue weighted by Gasteiger charge is 2.23. The minimum Gasteiger partial charge on any atom is -0.480 e. The summed E-state index contributed by atoms with van der Waals surface area (Å²) in [5, 5.41) is 8.88. The normalized spacial score (nSPS) is 10.4. The third-order valence-corrected chi connectivity index (χ3v) is 3.17. The number of hydrogen-bond donors (Lipinski definition) is 1. The molecule has 1 aromatic carbocycles. The van der Waals surface area contributed by atoms with Gasteiger partial charge in [-0.15, -0.1) is 0 Å². The second-order valence-electron chi connectivity index (χ2n) is 5.18. The number of nitrogens with zero attached hydrogens (tertiary/aromatic N) is 2. The Morgan fingerprint density at radius 2 is 1.85 bits per heavy atom. The number of carbonyl (C=O) groups is 2. The Bertz CT molecular complexity index is 486. The van der Waals surface area contributed by atoms with Crippen molar-refractivity contribution in [1.82, 2.24) is 9.80 Å². The van der Waals surface area contributed by atoms with E-state index in [4.69, 9.17) is 5.11 Å². The molecule has 0 saturated heterocycles. The van der Waals surface area contributed by atoms with Crippen LogP contribution in [0.2, 0.25) is 0 Å². The van der Waals surface area contributed by atoms with Crippen LogP contribution in [0, 0.1) is 6.92 Å². The van der Waals surface area contributed by atoms with Crippen LogP contribution in [0.4, 0.5) is 4.79 Å². The van der Waals surface area contributed by atoms with Gasteiger partial charge in [-0.25, -0.2) is 4.79 Å². The number of rotatable bonds is 5. The summed E-state index contributed by atoms with van der Waals surface area (Å²) in [7, 11) is 1.69. The molecule has 0 aliphatic carbocycles. The molecule has 110 valence electrons. The maximum absolute atomic E-state index is 12.3. The van der Waals surface area contributed by atoms with E-state index in [9.17, 15) is 9.59 Å². The average molecular weight is 278 g/mol. The fourth-order valence-corrected chi connectivity index (χ4v) is 1.95. The Balaban J connectivity index is 2.79. The standard InChI is InChI=1S/C15H22N2O3/c1-11(2)17(10-14(18)19)15(20)16(4)9-13-8-6-5-7-12(13)3/h5-8,11H,9-10H2,1-4H3,(H,18,19). The molecule has 5 heteroatoms. The SMILES string of the molecule is Cc1ccccc1CN(C)C(=O)N(CC(=O)O)C(C)C. The minimum absolute atomic E-state index is 0.155. The van der Waals surface area contributed by atoms with Gasteiger partial charge >= 0.3 is 12.0 Å². The molecule has 0 aromatic heterocycles. The molecule has 0 radical (unpaired) electrons. The van der Waals surface area contributed by atoms with Crippen molar-refractivity contribution in [1.29, 1.82) is 0 Å². The fourth-order valence-electron chi connectivity index (χ4n) is 1.95. The molecular formula is C15H22N2O3. The summed E-state index contributed by atoms with van der Waals surface area (Å²) in [4.78, 5) is 26.1. The van der Waals surface area contributed by atoms with Crippen molar-refractivity contribution in [3.8, 4) is 0 Å². The van der Waals surface area contributed by atoms with Gasteiger partial charge in [-0.05, 0) is 31.9 Å². The zero-order valence-electron chi connectivity index (χ0n) is 12.5. The van der Waals surface area contributed by atoms with Crippen LogP contribution >= 0.6 is 0 Å². The summed E-state index contributed by atoms with van der Waals surface area (Å²) in [6.07, 6.45) is 0. The van der Waals surface area contributed by atoms with E-state index in [1.54, 1.807) is 11.9 Å². The van der Waals surface area contributed by atoms with Crippen LogP contribution in [0.3, 0.4) is 0 Å². The second-order valence-corrected chi connectivity index (χ2v) is 5.18. The number of amides is 2. The van der Waals surface area contributed by atoms with Gasteiger partial charge in [-0.3, -0.25) is 4.79 Å². The molecule has 0 atom stereocenters. The van der Waals surface area contributed by atoms with Gasteiger partial charge < -0.3 is 14.9 Å². The summed E-state index contributed by atoms with van der Waals surface area (Å²) in [5.41, 5.74) is 2.17. The van der Waals surface area contributed by atoms with Crippen LogP contribution in [0.5, 0.6) is 0 Å². The molecule has 0 aliphatic rings. The number of carboxylic acids is 1. The lowest BCUT2D eigenvalue weighted by atomic mass is 10.1. The van der Waals surface area contributed by atoms with Crippen LogP contribution in [-0.4, -0.2) is 46.5 Å². The number of urea groups is 1.